The molecule has 0 bridgehead atoms. The highest BCUT2D eigenvalue weighted by atomic mass is 16.4. The van der Waals surface area contributed by atoms with Crippen LogP contribution in [0.1, 0.15) is 36.0 Å². The Morgan fingerprint density at radius 3 is 2.86 bits per heavy atom. The fraction of sp³-hybridized carbons (Fsp3) is 0.400. The summed E-state index contributed by atoms with van der Waals surface area (Å²) >= 11 is 0. The van der Waals surface area contributed by atoms with Crippen molar-refractivity contribution in [1.82, 2.24) is 9.97 Å². The van der Waals surface area contributed by atoms with Crippen LogP contribution < -0.4 is 11.1 Å². The smallest absolute Gasteiger partial charge is 0.335 e. The second-order valence-electron chi connectivity index (χ2n) is 5.46. The summed E-state index contributed by atoms with van der Waals surface area (Å²) in [5, 5.41) is 13.3. The number of carboxylic acid groups (broad SMARTS) is 1. The lowest BCUT2D eigenvalue weighted by atomic mass is 9.91. The first-order chi connectivity index (χ1) is 10.1. The monoisotopic (exact) mass is 286 g/mol. The molecule has 1 heterocycles. The van der Waals surface area contributed by atoms with Gasteiger partial charge in [0.2, 0.25) is 0 Å². The van der Waals surface area contributed by atoms with Crippen LogP contribution in [0, 0.1) is 0 Å². The summed E-state index contributed by atoms with van der Waals surface area (Å²) in [6.45, 7) is 0. The summed E-state index contributed by atoms with van der Waals surface area (Å²) in [6, 6.07) is 5.21. The molecule has 0 spiro atoms. The Kier molecular flexibility index (Phi) is 3.70. The van der Waals surface area contributed by atoms with Crippen molar-refractivity contribution < 1.29 is 9.90 Å². The van der Waals surface area contributed by atoms with Gasteiger partial charge in [-0.3, -0.25) is 0 Å². The lowest BCUT2D eigenvalue weighted by Gasteiger charge is -2.30. The van der Waals surface area contributed by atoms with Crippen LogP contribution in [-0.4, -0.2) is 33.1 Å². The molecule has 0 aliphatic heterocycles. The number of rotatable bonds is 3. The average molecular weight is 286 g/mol. The molecule has 2 atom stereocenters. The van der Waals surface area contributed by atoms with E-state index in [2.05, 4.69) is 15.3 Å². The summed E-state index contributed by atoms with van der Waals surface area (Å²) in [5.74, 6) is -0.237. The van der Waals surface area contributed by atoms with Gasteiger partial charge in [-0.15, -0.1) is 0 Å². The Morgan fingerprint density at radius 1 is 1.29 bits per heavy atom. The predicted molar refractivity (Wildman–Crippen MR) is 80.4 cm³/mol. The number of hydrogen-bond acceptors (Lipinski definition) is 5. The van der Waals surface area contributed by atoms with E-state index in [4.69, 9.17) is 10.8 Å². The highest BCUT2D eigenvalue weighted by molar-refractivity contribution is 5.96. The van der Waals surface area contributed by atoms with Gasteiger partial charge in [0.05, 0.1) is 11.1 Å². The molecule has 0 saturated heterocycles. The van der Waals surface area contributed by atoms with Crippen LogP contribution >= 0.6 is 0 Å². The van der Waals surface area contributed by atoms with Gasteiger partial charge in [-0.2, -0.15) is 0 Å². The van der Waals surface area contributed by atoms with E-state index in [-0.39, 0.29) is 17.6 Å². The van der Waals surface area contributed by atoms with Gasteiger partial charge in [-0.1, -0.05) is 12.8 Å². The molecule has 21 heavy (non-hydrogen) atoms. The number of hydrogen-bond donors (Lipinski definition) is 3. The minimum Gasteiger partial charge on any atom is -0.478 e. The molecule has 0 radical (unpaired) electrons. The van der Waals surface area contributed by atoms with E-state index < -0.39 is 5.97 Å². The molecule has 1 saturated carbocycles. The van der Waals surface area contributed by atoms with Crippen LogP contribution in [0.4, 0.5) is 5.82 Å². The van der Waals surface area contributed by atoms with E-state index in [1.165, 1.54) is 12.7 Å². The Morgan fingerprint density at radius 2 is 2.10 bits per heavy atom. The number of nitrogens with zero attached hydrogens (tertiary/aromatic N) is 2. The molecule has 1 aliphatic carbocycles. The number of carboxylic acids is 1. The van der Waals surface area contributed by atoms with E-state index in [1.807, 2.05) is 0 Å². The molecule has 3 rings (SSSR count). The lowest BCUT2D eigenvalue weighted by molar-refractivity contribution is 0.0697. The fourth-order valence-corrected chi connectivity index (χ4v) is 2.82. The first-order valence-electron chi connectivity index (χ1n) is 7.15. The summed E-state index contributed by atoms with van der Waals surface area (Å²) in [7, 11) is 0. The molecular formula is C15H18N4O2. The van der Waals surface area contributed by atoms with Crippen molar-refractivity contribution in [2.75, 3.05) is 5.32 Å². The normalized spacial score (nSPS) is 22.1. The van der Waals surface area contributed by atoms with Gasteiger partial charge in [0, 0.05) is 17.5 Å². The lowest BCUT2D eigenvalue weighted by Crippen LogP contribution is -2.42. The predicted octanol–water partition coefficient (Wildman–Crippen LogP) is 2.01. The Hall–Kier alpha value is -2.21. The van der Waals surface area contributed by atoms with Gasteiger partial charge in [0.15, 0.2) is 0 Å². The number of anilines is 1. The number of aromatic nitrogens is 2. The Labute approximate surface area is 122 Å². The number of benzene rings is 1. The first kappa shape index (κ1) is 13.8. The van der Waals surface area contributed by atoms with Crippen LogP contribution in [0.25, 0.3) is 10.9 Å². The third kappa shape index (κ3) is 2.80. The van der Waals surface area contributed by atoms with Crippen molar-refractivity contribution in [3.63, 3.8) is 0 Å². The molecule has 0 amide bonds. The summed E-state index contributed by atoms with van der Waals surface area (Å²) in [4.78, 5) is 19.4. The van der Waals surface area contributed by atoms with Crippen molar-refractivity contribution in [3.05, 3.63) is 30.1 Å². The maximum absolute atomic E-state index is 11.0. The van der Waals surface area contributed by atoms with Crippen LogP contribution in [-0.2, 0) is 0 Å². The second-order valence-corrected chi connectivity index (χ2v) is 5.46. The van der Waals surface area contributed by atoms with Gasteiger partial charge in [0.1, 0.15) is 12.1 Å². The Balaban J connectivity index is 1.93. The zero-order valence-electron chi connectivity index (χ0n) is 11.6. The number of nitrogens with two attached hydrogens (primary N) is 1. The van der Waals surface area contributed by atoms with Gasteiger partial charge in [-0.05, 0) is 31.0 Å². The molecular weight excluding hydrogens is 268 g/mol. The average Bonchev–Trinajstić information content (AvgIpc) is 2.49. The number of nitrogens with one attached hydrogen (secondary N) is 1. The minimum absolute atomic E-state index is 0.127. The number of fused-ring (bicyclic) bond motifs is 1. The third-order valence-corrected chi connectivity index (χ3v) is 4.02. The van der Waals surface area contributed by atoms with E-state index in [0.717, 1.165) is 30.5 Å². The summed E-state index contributed by atoms with van der Waals surface area (Å²) in [6.07, 6.45) is 5.83. The molecule has 1 aliphatic rings. The summed E-state index contributed by atoms with van der Waals surface area (Å²) in [5.41, 5.74) is 7.00. The molecule has 1 fully saturated rings. The molecule has 4 N–H and O–H groups in total. The zero-order valence-corrected chi connectivity index (χ0v) is 11.6. The molecule has 2 aromatic rings. The standard InChI is InChI=1S/C15H18N4O2/c16-11-3-1-2-4-12(11)19-14-10-6-5-9(15(20)21)7-13(10)17-8-18-14/h5-8,11-12H,1-4,16H2,(H,20,21)(H,17,18,19). The third-order valence-electron chi connectivity index (χ3n) is 4.02. The van der Waals surface area contributed by atoms with Gasteiger partial charge < -0.3 is 16.2 Å². The van der Waals surface area contributed by atoms with Gasteiger partial charge >= 0.3 is 5.97 Å². The van der Waals surface area contributed by atoms with Crippen LogP contribution in [0.2, 0.25) is 0 Å². The second kappa shape index (κ2) is 5.65. The maximum atomic E-state index is 11.0. The van der Waals surface area contributed by atoms with E-state index in [9.17, 15) is 4.79 Å². The first-order valence-corrected chi connectivity index (χ1v) is 7.15. The van der Waals surface area contributed by atoms with Crippen LogP contribution in [0.3, 0.4) is 0 Å². The quantitative estimate of drug-likeness (QED) is 0.798. The van der Waals surface area contributed by atoms with Crippen LogP contribution in [0.5, 0.6) is 0 Å². The topological polar surface area (TPSA) is 101 Å². The molecule has 1 aromatic heterocycles. The van der Waals surface area contributed by atoms with Gasteiger partial charge in [0.25, 0.3) is 0 Å². The van der Waals surface area contributed by atoms with Crippen molar-refractivity contribution in [3.8, 4) is 0 Å². The molecule has 1 aromatic carbocycles. The number of aromatic carboxylic acids is 1. The van der Waals surface area contributed by atoms with Crippen LogP contribution in [0.15, 0.2) is 24.5 Å². The maximum Gasteiger partial charge on any atom is 0.335 e. The molecule has 110 valence electrons. The van der Waals surface area contributed by atoms with Crippen molar-refractivity contribution in [1.29, 1.82) is 0 Å². The van der Waals surface area contributed by atoms with Crippen molar-refractivity contribution >= 4 is 22.7 Å². The zero-order chi connectivity index (χ0) is 14.8. The Bertz CT molecular complexity index is 674. The van der Waals surface area contributed by atoms with Gasteiger partial charge in [-0.25, -0.2) is 14.8 Å². The summed E-state index contributed by atoms with van der Waals surface area (Å²) < 4.78 is 0. The highest BCUT2D eigenvalue weighted by Gasteiger charge is 2.22. The molecule has 6 nitrogen and oxygen atoms in total. The van der Waals surface area contributed by atoms with E-state index in [0.29, 0.717) is 5.52 Å². The van der Waals surface area contributed by atoms with Crippen molar-refractivity contribution in [2.24, 2.45) is 5.73 Å². The molecule has 2 unspecified atom stereocenters. The SMILES string of the molecule is NC1CCCCC1Nc1ncnc2cc(C(=O)O)ccc12. The highest BCUT2D eigenvalue weighted by Crippen LogP contribution is 2.25. The van der Waals surface area contributed by atoms with Crippen molar-refractivity contribution in [2.45, 2.75) is 37.8 Å². The largest absolute Gasteiger partial charge is 0.478 e. The fourth-order valence-electron chi connectivity index (χ4n) is 2.82. The number of carbonyl (C=O) groups is 1. The molecule has 6 heteroatoms. The van der Waals surface area contributed by atoms with E-state index >= 15 is 0 Å². The van der Waals surface area contributed by atoms with E-state index in [1.54, 1.807) is 18.2 Å². The minimum atomic E-state index is -0.959.